The van der Waals surface area contributed by atoms with Crippen LogP contribution in [-0.4, -0.2) is 27.2 Å². The molecule has 0 saturated heterocycles. The molecule has 4 rings (SSSR count). The van der Waals surface area contributed by atoms with Gasteiger partial charge < -0.3 is 21.1 Å². The van der Waals surface area contributed by atoms with Crippen LogP contribution in [0.5, 0.6) is 0 Å². The van der Waals surface area contributed by atoms with Crippen molar-refractivity contribution in [3.63, 3.8) is 0 Å². The zero-order valence-corrected chi connectivity index (χ0v) is 16.2. The molecule has 1 fully saturated rings. The number of benzene rings is 1. The summed E-state index contributed by atoms with van der Waals surface area (Å²) in [5, 5.41) is 19.5. The number of pyridine rings is 1. The Kier molecular flexibility index (Phi) is 5.69. The fourth-order valence-corrected chi connectivity index (χ4v) is 3.86. The second kappa shape index (κ2) is 8.72. The molecule has 1 aliphatic rings. The molecule has 2 aromatic heterocycles. The van der Waals surface area contributed by atoms with E-state index < -0.39 is 0 Å². The van der Waals surface area contributed by atoms with E-state index in [0.717, 1.165) is 35.8 Å². The summed E-state index contributed by atoms with van der Waals surface area (Å²) in [5.41, 5.74) is 5.57. The van der Waals surface area contributed by atoms with Gasteiger partial charge in [0, 0.05) is 18.1 Å². The Bertz CT molecular complexity index is 1060. The van der Waals surface area contributed by atoms with Crippen molar-refractivity contribution in [3.8, 4) is 0 Å². The number of H-pyrrole nitrogens is 1. The first-order chi connectivity index (χ1) is 14.3. The number of hydrazone groups is 1. The maximum atomic E-state index is 12.5. The predicted octanol–water partition coefficient (Wildman–Crippen LogP) is 3.70. The molecule has 2 heterocycles. The molecule has 0 aliphatic heterocycles. The maximum absolute atomic E-state index is 12.5. The molecule has 1 aliphatic carbocycles. The normalized spacial score (nSPS) is 15.0. The van der Waals surface area contributed by atoms with Gasteiger partial charge in [0.25, 0.3) is 5.56 Å². The van der Waals surface area contributed by atoms with Gasteiger partial charge in [0.15, 0.2) is 5.82 Å². The Morgan fingerprint density at radius 2 is 2.00 bits per heavy atom. The molecule has 0 radical (unpaired) electrons. The number of rotatable bonds is 7. The van der Waals surface area contributed by atoms with Crippen molar-refractivity contribution in [2.75, 3.05) is 5.32 Å². The standard InChI is InChI=1S/C21H25N7O/c22-11-13-24-25-14-15-6-8-16(9-7-15)26-20-19-18(10-12-23-21(19)29)28(27-20)17-4-2-1-3-5-17/h6-13,17,22,25H,1-5,14H2,(H,23,29)(H,26,27)/b22-11?,24-13-. The molecule has 8 heteroatoms. The Balaban J connectivity index is 1.58. The van der Waals surface area contributed by atoms with Gasteiger partial charge in [0.2, 0.25) is 0 Å². The lowest BCUT2D eigenvalue weighted by Gasteiger charge is -2.22. The smallest absolute Gasteiger partial charge is 0.261 e. The summed E-state index contributed by atoms with van der Waals surface area (Å²) in [6.07, 6.45) is 10.1. The highest BCUT2D eigenvalue weighted by Crippen LogP contribution is 2.32. The van der Waals surface area contributed by atoms with Gasteiger partial charge in [-0.2, -0.15) is 10.2 Å². The van der Waals surface area contributed by atoms with Crippen LogP contribution in [0.3, 0.4) is 0 Å². The van der Waals surface area contributed by atoms with E-state index in [1.807, 2.05) is 35.0 Å². The Hall–Kier alpha value is -3.42. The molecular weight excluding hydrogens is 366 g/mol. The molecule has 1 saturated carbocycles. The molecule has 29 heavy (non-hydrogen) atoms. The zero-order valence-electron chi connectivity index (χ0n) is 16.2. The molecule has 0 amide bonds. The van der Waals surface area contributed by atoms with Gasteiger partial charge in [-0.25, -0.2) is 0 Å². The zero-order chi connectivity index (χ0) is 20.1. The molecule has 8 nitrogen and oxygen atoms in total. The fourth-order valence-electron chi connectivity index (χ4n) is 3.86. The number of nitrogens with one attached hydrogen (secondary N) is 4. The highest BCUT2D eigenvalue weighted by Gasteiger charge is 2.21. The van der Waals surface area contributed by atoms with Crippen molar-refractivity contribution in [2.45, 2.75) is 44.7 Å². The van der Waals surface area contributed by atoms with Gasteiger partial charge in [0.1, 0.15) is 5.39 Å². The second-order valence-corrected chi connectivity index (χ2v) is 7.25. The number of anilines is 2. The van der Waals surface area contributed by atoms with Crippen molar-refractivity contribution < 1.29 is 0 Å². The van der Waals surface area contributed by atoms with E-state index in [9.17, 15) is 4.79 Å². The van der Waals surface area contributed by atoms with Crippen LogP contribution in [0.15, 0.2) is 46.4 Å². The van der Waals surface area contributed by atoms with E-state index in [4.69, 9.17) is 10.5 Å². The van der Waals surface area contributed by atoms with Gasteiger partial charge in [-0.1, -0.05) is 31.4 Å². The summed E-state index contributed by atoms with van der Waals surface area (Å²) in [7, 11) is 0. The Labute approximate surface area is 168 Å². The molecule has 0 unspecified atom stereocenters. The molecule has 150 valence electrons. The number of aromatic nitrogens is 3. The first-order valence-corrected chi connectivity index (χ1v) is 9.97. The highest BCUT2D eigenvalue weighted by molar-refractivity contribution is 6.14. The quantitative estimate of drug-likeness (QED) is 0.363. The Morgan fingerprint density at radius 3 is 2.76 bits per heavy atom. The molecule has 3 aromatic rings. The Morgan fingerprint density at radius 1 is 1.21 bits per heavy atom. The van der Waals surface area contributed by atoms with Crippen molar-refractivity contribution in [2.24, 2.45) is 5.10 Å². The second-order valence-electron chi connectivity index (χ2n) is 7.25. The number of fused-ring (bicyclic) bond motifs is 1. The van der Waals surface area contributed by atoms with Gasteiger partial charge in [0.05, 0.1) is 24.3 Å². The minimum Gasteiger partial charge on any atom is -0.338 e. The molecule has 0 spiro atoms. The van der Waals surface area contributed by atoms with Crippen LogP contribution in [-0.2, 0) is 6.54 Å². The van der Waals surface area contributed by atoms with Crippen LogP contribution >= 0.6 is 0 Å². The summed E-state index contributed by atoms with van der Waals surface area (Å²) in [6.45, 7) is 0.573. The average molecular weight is 391 g/mol. The molecule has 0 atom stereocenters. The van der Waals surface area contributed by atoms with Crippen LogP contribution in [0.25, 0.3) is 10.9 Å². The van der Waals surface area contributed by atoms with Gasteiger partial charge in [-0.3, -0.25) is 9.48 Å². The number of nitrogens with zero attached hydrogens (tertiary/aromatic N) is 3. The average Bonchev–Trinajstić information content (AvgIpc) is 3.13. The van der Waals surface area contributed by atoms with E-state index in [-0.39, 0.29) is 5.56 Å². The summed E-state index contributed by atoms with van der Waals surface area (Å²) in [4.78, 5) is 15.3. The summed E-state index contributed by atoms with van der Waals surface area (Å²) in [5.74, 6) is 0.592. The van der Waals surface area contributed by atoms with Gasteiger partial charge >= 0.3 is 0 Å². The van der Waals surface area contributed by atoms with Crippen molar-refractivity contribution in [1.82, 2.24) is 20.2 Å². The van der Waals surface area contributed by atoms with E-state index in [0.29, 0.717) is 23.8 Å². The predicted molar refractivity (Wildman–Crippen MR) is 116 cm³/mol. The first kappa shape index (κ1) is 18.9. The van der Waals surface area contributed by atoms with E-state index in [2.05, 4.69) is 20.8 Å². The molecule has 0 bridgehead atoms. The third-order valence-electron chi connectivity index (χ3n) is 5.29. The highest BCUT2D eigenvalue weighted by atomic mass is 16.1. The molecule has 1 aromatic carbocycles. The number of hydrogen-bond acceptors (Lipinski definition) is 6. The van der Waals surface area contributed by atoms with E-state index in [1.54, 1.807) is 6.20 Å². The van der Waals surface area contributed by atoms with Crippen LogP contribution < -0.4 is 16.3 Å². The third-order valence-corrected chi connectivity index (χ3v) is 5.29. The van der Waals surface area contributed by atoms with Crippen LogP contribution in [0.4, 0.5) is 11.5 Å². The third kappa shape index (κ3) is 4.21. The maximum Gasteiger partial charge on any atom is 0.261 e. The van der Waals surface area contributed by atoms with Crippen LogP contribution in [0.2, 0.25) is 0 Å². The lowest BCUT2D eigenvalue weighted by Crippen LogP contribution is -2.14. The number of aromatic amines is 1. The summed E-state index contributed by atoms with van der Waals surface area (Å²) in [6, 6.07) is 10.2. The SMILES string of the molecule is N=C/C=N\NCc1ccc(Nc2nn(C3CCCCC3)c3cc[nH]c(=O)c23)cc1. The van der Waals surface area contributed by atoms with E-state index in [1.165, 1.54) is 25.5 Å². The van der Waals surface area contributed by atoms with Crippen molar-refractivity contribution in [3.05, 3.63) is 52.4 Å². The van der Waals surface area contributed by atoms with Gasteiger partial charge in [-0.05, 0) is 36.6 Å². The van der Waals surface area contributed by atoms with Gasteiger partial charge in [-0.15, -0.1) is 0 Å². The topological polar surface area (TPSA) is 111 Å². The lowest BCUT2D eigenvalue weighted by molar-refractivity contribution is 0.338. The fraction of sp³-hybridized carbons (Fsp3) is 0.333. The van der Waals surface area contributed by atoms with Crippen molar-refractivity contribution >= 4 is 34.8 Å². The minimum absolute atomic E-state index is 0.128. The minimum atomic E-state index is -0.128. The monoisotopic (exact) mass is 391 g/mol. The van der Waals surface area contributed by atoms with E-state index >= 15 is 0 Å². The molecular formula is C21H25N7O. The number of hydrogen-bond donors (Lipinski definition) is 4. The summed E-state index contributed by atoms with van der Waals surface area (Å²) >= 11 is 0. The lowest BCUT2D eigenvalue weighted by atomic mass is 9.95. The van der Waals surface area contributed by atoms with Crippen LogP contribution in [0, 0.1) is 5.41 Å². The summed E-state index contributed by atoms with van der Waals surface area (Å²) < 4.78 is 2.03. The van der Waals surface area contributed by atoms with Crippen molar-refractivity contribution in [1.29, 1.82) is 5.41 Å². The molecule has 4 N–H and O–H groups in total. The van der Waals surface area contributed by atoms with Crippen LogP contribution in [0.1, 0.15) is 43.7 Å². The largest absolute Gasteiger partial charge is 0.338 e. The first-order valence-electron chi connectivity index (χ1n) is 9.97.